The van der Waals surface area contributed by atoms with Crippen LogP contribution in [0.25, 0.3) is 0 Å². The van der Waals surface area contributed by atoms with Crippen LogP contribution in [0.4, 0.5) is 0 Å². The van der Waals surface area contributed by atoms with Crippen molar-refractivity contribution in [2.24, 2.45) is 0 Å². The molecular formula is C59H108O15. The number of unbranched alkanes of at least 4 members (excludes halogenated alkanes) is 30. The molecule has 2 fully saturated rings. The van der Waals surface area contributed by atoms with Crippen LogP contribution in [0.15, 0.2) is 24.3 Å². The van der Waals surface area contributed by atoms with Crippen LogP contribution >= 0.6 is 0 Å². The van der Waals surface area contributed by atoms with Crippen LogP contribution in [0.2, 0.25) is 0 Å². The largest absolute Gasteiger partial charge is 0.462 e. The zero-order valence-corrected chi connectivity index (χ0v) is 46.3. The van der Waals surface area contributed by atoms with Crippen molar-refractivity contribution in [3.63, 3.8) is 0 Å². The topological polar surface area (TPSA) is 231 Å². The highest BCUT2D eigenvalue weighted by Crippen LogP contribution is 2.27. The average Bonchev–Trinajstić information content (AvgIpc) is 3.39. The van der Waals surface area contributed by atoms with Crippen molar-refractivity contribution >= 4 is 11.9 Å². The molecule has 4 unspecified atom stereocenters. The van der Waals surface area contributed by atoms with Gasteiger partial charge in [0.1, 0.15) is 55.4 Å². The van der Waals surface area contributed by atoms with Gasteiger partial charge in [0.15, 0.2) is 18.7 Å². The van der Waals surface area contributed by atoms with Crippen LogP contribution in [0.1, 0.15) is 245 Å². The molecule has 0 aliphatic carbocycles. The minimum absolute atomic E-state index is 0.152. The SMILES string of the molecule is CCCCCCCC/C=C/CCCCCCCC(=O)O[C@@H](COC(=O)CCC/C=C/CCCCCCCCCCCCCCCCCCCC)CO[C@@H]1O[C@H](CO[C@@H]2O[C@H](CO)[C@H](O)C(O)C2O)[C@H](O)C(O)C1O. The van der Waals surface area contributed by atoms with Crippen molar-refractivity contribution in [3.05, 3.63) is 24.3 Å². The molecule has 7 N–H and O–H groups in total. The van der Waals surface area contributed by atoms with E-state index in [1.807, 2.05) is 0 Å². The Hall–Kier alpha value is -2.02. The summed E-state index contributed by atoms with van der Waals surface area (Å²) in [4.78, 5) is 25.9. The molecule has 0 radical (unpaired) electrons. The quantitative estimate of drug-likeness (QED) is 0.0171. The predicted molar refractivity (Wildman–Crippen MR) is 289 cm³/mol. The van der Waals surface area contributed by atoms with Crippen molar-refractivity contribution in [2.45, 2.75) is 313 Å². The summed E-state index contributed by atoms with van der Waals surface area (Å²) in [7, 11) is 0. The van der Waals surface area contributed by atoms with Gasteiger partial charge in [0.25, 0.3) is 0 Å². The lowest BCUT2D eigenvalue weighted by atomic mass is 9.98. The maximum absolute atomic E-state index is 13.0. The molecule has 0 aromatic heterocycles. The Labute approximate surface area is 447 Å². The van der Waals surface area contributed by atoms with E-state index in [4.69, 9.17) is 28.4 Å². The van der Waals surface area contributed by atoms with E-state index in [1.54, 1.807) is 0 Å². The zero-order chi connectivity index (χ0) is 53.9. The second-order valence-corrected chi connectivity index (χ2v) is 21.2. The smallest absolute Gasteiger partial charge is 0.306 e. The fourth-order valence-corrected chi connectivity index (χ4v) is 9.51. The van der Waals surface area contributed by atoms with Gasteiger partial charge in [0, 0.05) is 12.8 Å². The molecule has 2 rings (SSSR count). The Morgan fingerprint density at radius 1 is 0.419 bits per heavy atom. The average molecular weight is 1060 g/mol. The second kappa shape index (κ2) is 45.9. The van der Waals surface area contributed by atoms with Crippen molar-refractivity contribution < 1.29 is 73.8 Å². The van der Waals surface area contributed by atoms with Crippen LogP contribution in [-0.4, -0.2) is 142 Å². The van der Waals surface area contributed by atoms with E-state index in [9.17, 15) is 45.3 Å². The summed E-state index contributed by atoms with van der Waals surface area (Å²) in [6.45, 7) is 2.59. The fourth-order valence-electron chi connectivity index (χ4n) is 9.51. The number of hydrogen-bond donors (Lipinski definition) is 7. The molecule has 11 atom stereocenters. The van der Waals surface area contributed by atoms with Gasteiger partial charge >= 0.3 is 11.9 Å². The summed E-state index contributed by atoms with van der Waals surface area (Å²) in [6.07, 6.45) is 33.6. The van der Waals surface area contributed by atoms with Gasteiger partial charge in [-0.1, -0.05) is 199 Å². The monoisotopic (exact) mass is 1060 g/mol. The van der Waals surface area contributed by atoms with Gasteiger partial charge in [-0.3, -0.25) is 9.59 Å². The number of aliphatic hydroxyl groups is 7. The maximum atomic E-state index is 13.0. The number of carbonyl (C=O) groups is 2. The Morgan fingerprint density at radius 3 is 1.23 bits per heavy atom. The van der Waals surface area contributed by atoms with Crippen LogP contribution in [0, 0.1) is 0 Å². The highest BCUT2D eigenvalue weighted by atomic mass is 16.7. The second-order valence-electron chi connectivity index (χ2n) is 21.2. The Morgan fingerprint density at radius 2 is 0.784 bits per heavy atom. The number of hydrogen-bond acceptors (Lipinski definition) is 15. The van der Waals surface area contributed by atoms with Gasteiger partial charge in [0.2, 0.25) is 0 Å². The van der Waals surface area contributed by atoms with Crippen molar-refractivity contribution in [1.29, 1.82) is 0 Å². The first-order valence-corrected chi connectivity index (χ1v) is 29.9. The molecule has 0 aromatic rings. The van der Waals surface area contributed by atoms with E-state index in [0.29, 0.717) is 12.8 Å². The molecule has 434 valence electrons. The van der Waals surface area contributed by atoms with Gasteiger partial charge in [-0.15, -0.1) is 0 Å². The molecule has 0 saturated carbocycles. The summed E-state index contributed by atoms with van der Waals surface area (Å²) in [5.41, 5.74) is 0. The van der Waals surface area contributed by atoms with Crippen LogP contribution in [-0.2, 0) is 38.0 Å². The Kier molecular flexibility index (Phi) is 42.3. The number of rotatable bonds is 48. The van der Waals surface area contributed by atoms with Gasteiger partial charge in [-0.25, -0.2) is 0 Å². The molecule has 15 heteroatoms. The molecule has 2 saturated heterocycles. The molecule has 74 heavy (non-hydrogen) atoms. The number of aliphatic hydroxyl groups excluding tert-OH is 7. The first-order chi connectivity index (χ1) is 36.0. The summed E-state index contributed by atoms with van der Waals surface area (Å²) in [6, 6.07) is 0. The lowest BCUT2D eigenvalue weighted by molar-refractivity contribution is -0.332. The van der Waals surface area contributed by atoms with E-state index in [2.05, 4.69) is 38.2 Å². The molecule has 2 heterocycles. The molecular weight excluding hydrogens is 949 g/mol. The third-order valence-corrected chi connectivity index (χ3v) is 14.4. The highest BCUT2D eigenvalue weighted by molar-refractivity contribution is 5.70. The van der Waals surface area contributed by atoms with Crippen molar-refractivity contribution in [2.75, 3.05) is 26.4 Å². The first kappa shape index (κ1) is 68.1. The van der Waals surface area contributed by atoms with Gasteiger partial charge in [0.05, 0.1) is 19.8 Å². The molecule has 2 aliphatic heterocycles. The maximum Gasteiger partial charge on any atom is 0.306 e. The normalized spacial score (nSPS) is 24.8. The third kappa shape index (κ3) is 32.7. The molecule has 0 amide bonds. The summed E-state index contributed by atoms with van der Waals surface area (Å²) in [5.74, 6) is -0.961. The van der Waals surface area contributed by atoms with E-state index < -0.39 is 99.3 Å². The van der Waals surface area contributed by atoms with Crippen LogP contribution in [0.5, 0.6) is 0 Å². The van der Waals surface area contributed by atoms with E-state index in [1.165, 1.54) is 148 Å². The van der Waals surface area contributed by atoms with Crippen molar-refractivity contribution in [1.82, 2.24) is 0 Å². The zero-order valence-electron chi connectivity index (χ0n) is 46.3. The molecule has 0 aromatic carbocycles. The molecule has 0 bridgehead atoms. The third-order valence-electron chi connectivity index (χ3n) is 14.4. The molecule has 2 aliphatic rings. The van der Waals surface area contributed by atoms with Gasteiger partial charge in [-0.2, -0.15) is 0 Å². The number of ether oxygens (including phenoxy) is 6. The summed E-state index contributed by atoms with van der Waals surface area (Å²) in [5, 5.41) is 72.3. The number of esters is 2. The van der Waals surface area contributed by atoms with Crippen LogP contribution in [0.3, 0.4) is 0 Å². The van der Waals surface area contributed by atoms with Gasteiger partial charge in [-0.05, 0) is 57.8 Å². The predicted octanol–water partition coefficient (Wildman–Crippen LogP) is 10.3. The lowest BCUT2D eigenvalue weighted by Gasteiger charge is -2.42. The summed E-state index contributed by atoms with van der Waals surface area (Å²) < 4.78 is 33.7. The number of carbonyl (C=O) groups excluding carboxylic acids is 2. The summed E-state index contributed by atoms with van der Waals surface area (Å²) >= 11 is 0. The lowest BCUT2D eigenvalue weighted by Crippen LogP contribution is -2.61. The standard InChI is InChI=1S/C59H108O15/c1-3-5-7-9-11-13-15-17-19-20-21-22-23-24-25-26-28-29-31-33-35-37-39-41-50(61)69-44-47(72-51(62)42-40-38-36-34-32-30-27-18-16-14-12-10-8-6-4-2)45-70-58-57(68)55(66)53(64)49(74-58)46-71-59-56(67)54(65)52(63)48(43-60)73-59/h18,27,33,35,47-49,52-60,63-68H,3-17,19-26,28-32,34,36-46H2,1-2H3/b27-18+,35-33+/t47-,48+,49+,52-,53-,54?,55?,56?,57?,58+,59+/m0/s1. The van der Waals surface area contributed by atoms with Crippen molar-refractivity contribution in [3.8, 4) is 0 Å². The highest BCUT2D eigenvalue weighted by Gasteiger charge is 2.47. The molecule has 15 nitrogen and oxygen atoms in total. The van der Waals surface area contributed by atoms with E-state index in [0.717, 1.165) is 57.8 Å². The fraction of sp³-hybridized carbons (Fsp3) is 0.898. The Balaban J connectivity index is 1.73. The van der Waals surface area contributed by atoms with Gasteiger partial charge < -0.3 is 64.2 Å². The van der Waals surface area contributed by atoms with E-state index in [-0.39, 0.29) is 19.4 Å². The van der Waals surface area contributed by atoms with E-state index >= 15 is 0 Å². The minimum atomic E-state index is -1.77. The minimum Gasteiger partial charge on any atom is -0.462 e. The molecule has 0 spiro atoms. The number of allylic oxidation sites excluding steroid dienone is 4. The first-order valence-electron chi connectivity index (χ1n) is 29.9. The van der Waals surface area contributed by atoms with Crippen LogP contribution < -0.4 is 0 Å². The Bertz CT molecular complexity index is 1380.